The molecule has 1 aliphatic heterocycles. The minimum absolute atomic E-state index is 0.0858. The van der Waals surface area contributed by atoms with Crippen LogP contribution in [0.25, 0.3) is 0 Å². The van der Waals surface area contributed by atoms with Gasteiger partial charge in [-0.1, -0.05) is 13.8 Å². The topological polar surface area (TPSA) is 58.8 Å². The lowest BCUT2D eigenvalue weighted by Crippen LogP contribution is -2.50. The zero-order valence-electron chi connectivity index (χ0n) is 11.0. The summed E-state index contributed by atoms with van der Waals surface area (Å²) >= 11 is 0. The molecule has 0 aromatic heterocycles. The highest BCUT2D eigenvalue weighted by molar-refractivity contribution is 5.77. The molecule has 17 heavy (non-hydrogen) atoms. The maximum Gasteiger partial charge on any atom is 0.248 e. The fraction of sp³-hybridized carbons (Fsp3) is 0.917. The Kier molecular flexibility index (Phi) is 6.47. The SMILES string of the molecule is CC(C)CN1CCN(C(=O)COCCN)CC1. The lowest BCUT2D eigenvalue weighted by Gasteiger charge is -2.35. The number of ether oxygens (including phenoxy) is 1. The number of piperazine rings is 1. The molecular weight excluding hydrogens is 218 g/mol. The van der Waals surface area contributed by atoms with Gasteiger partial charge in [0.05, 0.1) is 6.61 Å². The fourth-order valence-corrected chi connectivity index (χ4v) is 2.03. The Morgan fingerprint density at radius 2 is 1.94 bits per heavy atom. The van der Waals surface area contributed by atoms with Crippen molar-refractivity contribution in [3.8, 4) is 0 Å². The predicted molar refractivity (Wildman–Crippen MR) is 67.7 cm³/mol. The second-order valence-electron chi connectivity index (χ2n) is 4.92. The van der Waals surface area contributed by atoms with E-state index in [2.05, 4.69) is 18.7 Å². The van der Waals surface area contributed by atoms with Crippen LogP contribution in [0.15, 0.2) is 0 Å². The van der Waals surface area contributed by atoms with Gasteiger partial charge in [-0.2, -0.15) is 0 Å². The number of carbonyl (C=O) groups excluding carboxylic acids is 1. The van der Waals surface area contributed by atoms with Crippen LogP contribution in [0.5, 0.6) is 0 Å². The highest BCUT2D eigenvalue weighted by Gasteiger charge is 2.21. The molecule has 0 aliphatic carbocycles. The van der Waals surface area contributed by atoms with Crippen LogP contribution in [0, 0.1) is 5.92 Å². The number of nitrogens with two attached hydrogens (primary N) is 1. The van der Waals surface area contributed by atoms with Crippen molar-refractivity contribution < 1.29 is 9.53 Å². The third kappa shape index (κ3) is 5.48. The Hall–Kier alpha value is -0.650. The number of hydrogen-bond donors (Lipinski definition) is 1. The van der Waals surface area contributed by atoms with E-state index in [0.717, 1.165) is 32.7 Å². The minimum Gasteiger partial charge on any atom is -0.370 e. The zero-order valence-corrected chi connectivity index (χ0v) is 11.0. The summed E-state index contributed by atoms with van der Waals surface area (Å²) in [5, 5.41) is 0. The van der Waals surface area contributed by atoms with Crippen LogP contribution in [-0.2, 0) is 9.53 Å². The van der Waals surface area contributed by atoms with E-state index in [4.69, 9.17) is 10.5 Å². The molecule has 5 heteroatoms. The smallest absolute Gasteiger partial charge is 0.248 e. The molecule has 0 saturated carbocycles. The first-order valence-electron chi connectivity index (χ1n) is 6.41. The molecule has 0 aromatic carbocycles. The van der Waals surface area contributed by atoms with Crippen LogP contribution in [0.4, 0.5) is 0 Å². The molecule has 5 nitrogen and oxygen atoms in total. The summed E-state index contributed by atoms with van der Waals surface area (Å²) in [6.07, 6.45) is 0. The zero-order chi connectivity index (χ0) is 12.7. The summed E-state index contributed by atoms with van der Waals surface area (Å²) in [5.41, 5.74) is 5.30. The second kappa shape index (κ2) is 7.63. The molecule has 0 bridgehead atoms. The van der Waals surface area contributed by atoms with Crippen molar-refractivity contribution >= 4 is 5.91 Å². The van der Waals surface area contributed by atoms with Gasteiger partial charge in [0.15, 0.2) is 0 Å². The Balaban J connectivity index is 2.19. The quantitative estimate of drug-likeness (QED) is 0.654. The van der Waals surface area contributed by atoms with Crippen molar-refractivity contribution in [2.45, 2.75) is 13.8 Å². The van der Waals surface area contributed by atoms with Crippen molar-refractivity contribution in [1.29, 1.82) is 0 Å². The van der Waals surface area contributed by atoms with Crippen molar-refractivity contribution in [3.63, 3.8) is 0 Å². The molecule has 0 atom stereocenters. The number of carbonyl (C=O) groups is 1. The van der Waals surface area contributed by atoms with Gasteiger partial charge in [-0.25, -0.2) is 0 Å². The maximum atomic E-state index is 11.7. The van der Waals surface area contributed by atoms with Gasteiger partial charge in [-0.3, -0.25) is 9.69 Å². The molecule has 2 N–H and O–H groups in total. The van der Waals surface area contributed by atoms with E-state index >= 15 is 0 Å². The normalized spacial score (nSPS) is 17.8. The first-order valence-corrected chi connectivity index (χ1v) is 6.41. The van der Waals surface area contributed by atoms with E-state index in [-0.39, 0.29) is 12.5 Å². The van der Waals surface area contributed by atoms with E-state index in [1.165, 1.54) is 0 Å². The van der Waals surface area contributed by atoms with Crippen molar-refractivity contribution in [3.05, 3.63) is 0 Å². The summed E-state index contributed by atoms with van der Waals surface area (Å²) in [6.45, 7) is 10.2. The predicted octanol–water partition coefficient (Wildman–Crippen LogP) is -0.238. The van der Waals surface area contributed by atoms with Crippen LogP contribution in [-0.4, -0.2) is 68.2 Å². The monoisotopic (exact) mass is 243 g/mol. The van der Waals surface area contributed by atoms with Gasteiger partial charge in [0.1, 0.15) is 6.61 Å². The third-order valence-electron chi connectivity index (χ3n) is 2.84. The summed E-state index contributed by atoms with van der Waals surface area (Å²) < 4.78 is 5.16. The van der Waals surface area contributed by atoms with E-state index in [9.17, 15) is 4.79 Å². The Labute approximate surface area is 104 Å². The second-order valence-corrected chi connectivity index (χ2v) is 4.92. The Morgan fingerprint density at radius 3 is 2.47 bits per heavy atom. The largest absolute Gasteiger partial charge is 0.370 e. The van der Waals surface area contributed by atoms with Gasteiger partial charge >= 0.3 is 0 Å². The Bertz CT molecular complexity index is 226. The van der Waals surface area contributed by atoms with E-state index < -0.39 is 0 Å². The van der Waals surface area contributed by atoms with Crippen LogP contribution < -0.4 is 5.73 Å². The highest BCUT2D eigenvalue weighted by Crippen LogP contribution is 2.05. The maximum absolute atomic E-state index is 11.7. The lowest BCUT2D eigenvalue weighted by molar-refractivity contribution is -0.137. The third-order valence-corrected chi connectivity index (χ3v) is 2.84. The first-order chi connectivity index (χ1) is 8.13. The van der Waals surface area contributed by atoms with E-state index in [1.807, 2.05) is 4.90 Å². The average Bonchev–Trinajstić information content (AvgIpc) is 2.29. The van der Waals surface area contributed by atoms with E-state index in [0.29, 0.717) is 19.1 Å². The van der Waals surface area contributed by atoms with Crippen molar-refractivity contribution in [1.82, 2.24) is 9.80 Å². The molecule has 1 amide bonds. The van der Waals surface area contributed by atoms with Crippen LogP contribution in [0.3, 0.4) is 0 Å². The molecule has 0 radical (unpaired) electrons. The summed E-state index contributed by atoms with van der Waals surface area (Å²) in [6, 6.07) is 0. The summed E-state index contributed by atoms with van der Waals surface area (Å²) in [4.78, 5) is 16.0. The van der Waals surface area contributed by atoms with Crippen LogP contribution in [0.2, 0.25) is 0 Å². The molecule has 1 aliphatic rings. The molecule has 0 unspecified atom stereocenters. The molecule has 1 rings (SSSR count). The highest BCUT2D eigenvalue weighted by atomic mass is 16.5. The standard InChI is InChI=1S/C12H25N3O2/c1-11(2)9-14-4-6-15(7-5-14)12(16)10-17-8-3-13/h11H,3-10,13H2,1-2H3. The average molecular weight is 243 g/mol. The van der Waals surface area contributed by atoms with Crippen molar-refractivity contribution in [2.75, 3.05) is 52.5 Å². The lowest BCUT2D eigenvalue weighted by atomic mass is 10.2. The van der Waals surface area contributed by atoms with Crippen LogP contribution >= 0.6 is 0 Å². The molecule has 1 saturated heterocycles. The van der Waals surface area contributed by atoms with Gasteiger partial charge < -0.3 is 15.4 Å². The number of hydrogen-bond acceptors (Lipinski definition) is 4. The van der Waals surface area contributed by atoms with Gasteiger partial charge in [0, 0.05) is 39.3 Å². The van der Waals surface area contributed by atoms with E-state index in [1.54, 1.807) is 0 Å². The van der Waals surface area contributed by atoms with Gasteiger partial charge in [0.25, 0.3) is 0 Å². The molecule has 0 spiro atoms. The number of nitrogens with zero attached hydrogens (tertiary/aromatic N) is 2. The van der Waals surface area contributed by atoms with Gasteiger partial charge in [-0.15, -0.1) is 0 Å². The molecule has 0 aromatic rings. The van der Waals surface area contributed by atoms with Crippen molar-refractivity contribution in [2.24, 2.45) is 11.7 Å². The summed E-state index contributed by atoms with van der Waals surface area (Å²) in [7, 11) is 0. The molecule has 1 fully saturated rings. The fourth-order valence-electron chi connectivity index (χ4n) is 2.03. The molecule has 1 heterocycles. The molecule has 100 valence electrons. The van der Waals surface area contributed by atoms with Crippen LogP contribution in [0.1, 0.15) is 13.8 Å². The van der Waals surface area contributed by atoms with Gasteiger partial charge in [0.2, 0.25) is 5.91 Å². The number of amides is 1. The number of rotatable bonds is 6. The molecular formula is C12H25N3O2. The first kappa shape index (κ1) is 14.4. The van der Waals surface area contributed by atoms with Gasteiger partial charge in [-0.05, 0) is 5.92 Å². The minimum atomic E-state index is 0.0858. The summed E-state index contributed by atoms with van der Waals surface area (Å²) in [5.74, 6) is 0.771. The Morgan fingerprint density at radius 1 is 1.29 bits per heavy atom.